The standard InChI is InChI=1S/C20H24F4N2O3/c1-2-29-18(28)25-10-7-14(8-11-25)17(27)26-12-9-19(21,13-26)15-3-5-16(6-4-15)20(22,23)24/h3-6,14H,2,7-13H2,1H3. The van der Waals surface area contributed by atoms with E-state index in [-0.39, 0.29) is 43.5 Å². The van der Waals surface area contributed by atoms with Gasteiger partial charge in [-0.25, -0.2) is 9.18 Å². The lowest BCUT2D eigenvalue weighted by Crippen LogP contribution is -2.44. The van der Waals surface area contributed by atoms with E-state index in [1.54, 1.807) is 11.8 Å². The predicted octanol–water partition coefficient (Wildman–Crippen LogP) is 3.97. The predicted molar refractivity (Wildman–Crippen MR) is 96.7 cm³/mol. The first-order chi connectivity index (χ1) is 13.6. The zero-order valence-electron chi connectivity index (χ0n) is 16.2. The lowest BCUT2D eigenvalue weighted by Gasteiger charge is -2.32. The SMILES string of the molecule is CCOC(=O)N1CCC(C(=O)N2CCC(F)(c3ccc(C(F)(F)F)cc3)C2)CC1. The van der Waals surface area contributed by atoms with Gasteiger partial charge in [0.2, 0.25) is 5.91 Å². The van der Waals surface area contributed by atoms with Crippen LogP contribution >= 0.6 is 0 Å². The van der Waals surface area contributed by atoms with Crippen molar-refractivity contribution in [2.24, 2.45) is 5.92 Å². The van der Waals surface area contributed by atoms with Crippen molar-refractivity contribution in [3.63, 3.8) is 0 Å². The third-order valence-electron chi connectivity index (χ3n) is 5.63. The second kappa shape index (κ2) is 8.20. The van der Waals surface area contributed by atoms with Crippen LogP contribution in [0.5, 0.6) is 0 Å². The van der Waals surface area contributed by atoms with Crippen molar-refractivity contribution in [3.05, 3.63) is 35.4 Å². The minimum absolute atomic E-state index is 0.0474. The van der Waals surface area contributed by atoms with E-state index in [9.17, 15) is 22.8 Å². The van der Waals surface area contributed by atoms with E-state index in [4.69, 9.17) is 4.74 Å². The van der Waals surface area contributed by atoms with E-state index in [1.165, 1.54) is 4.90 Å². The van der Waals surface area contributed by atoms with Crippen molar-refractivity contribution in [2.75, 3.05) is 32.8 Å². The number of rotatable bonds is 3. The number of likely N-dealkylation sites (tertiary alicyclic amines) is 2. The van der Waals surface area contributed by atoms with Crippen LogP contribution in [0.4, 0.5) is 22.4 Å². The average Bonchev–Trinajstić information content (AvgIpc) is 3.10. The summed E-state index contributed by atoms with van der Waals surface area (Å²) < 4.78 is 58.4. The van der Waals surface area contributed by atoms with Crippen LogP contribution in [0.1, 0.15) is 37.3 Å². The molecule has 160 valence electrons. The Bertz CT molecular complexity index is 745. The summed E-state index contributed by atoms with van der Waals surface area (Å²) in [6, 6.07) is 4.03. The Balaban J connectivity index is 1.59. The summed E-state index contributed by atoms with van der Waals surface area (Å²) in [5.74, 6) is -0.462. The molecule has 9 heteroatoms. The van der Waals surface area contributed by atoms with Gasteiger partial charge in [-0.05, 0) is 37.5 Å². The molecule has 2 fully saturated rings. The first-order valence-electron chi connectivity index (χ1n) is 9.71. The summed E-state index contributed by atoms with van der Waals surface area (Å²) in [4.78, 5) is 27.5. The molecule has 2 aliphatic heterocycles. The Hall–Kier alpha value is -2.32. The largest absolute Gasteiger partial charge is 0.450 e. The van der Waals surface area contributed by atoms with Crippen LogP contribution < -0.4 is 0 Å². The van der Waals surface area contributed by atoms with Crippen LogP contribution in [0.2, 0.25) is 0 Å². The summed E-state index contributed by atoms with van der Waals surface area (Å²) >= 11 is 0. The lowest BCUT2D eigenvalue weighted by atomic mass is 9.93. The number of carbonyl (C=O) groups is 2. The van der Waals surface area contributed by atoms with Crippen molar-refractivity contribution in [1.29, 1.82) is 0 Å². The Morgan fingerprint density at radius 3 is 2.28 bits per heavy atom. The molecule has 29 heavy (non-hydrogen) atoms. The Kier molecular flexibility index (Phi) is 6.05. The Labute approximate surface area is 166 Å². The van der Waals surface area contributed by atoms with Crippen LogP contribution in [-0.4, -0.2) is 54.6 Å². The molecule has 1 aromatic rings. The third-order valence-corrected chi connectivity index (χ3v) is 5.63. The van der Waals surface area contributed by atoms with Crippen molar-refractivity contribution < 1.29 is 31.9 Å². The summed E-state index contributed by atoms with van der Waals surface area (Å²) in [6.45, 7) is 2.87. The van der Waals surface area contributed by atoms with Crippen molar-refractivity contribution in [3.8, 4) is 0 Å². The normalized spacial score (nSPS) is 23.3. The molecule has 0 N–H and O–H groups in total. The first-order valence-corrected chi connectivity index (χ1v) is 9.71. The van der Waals surface area contributed by atoms with E-state index < -0.39 is 23.5 Å². The number of ether oxygens (including phenoxy) is 1. The molecule has 1 atom stereocenters. The summed E-state index contributed by atoms with van der Waals surface area (Å²) in [7, 11) is 0. The van der Waals surface area contributed by atoms with Gasteiger partial charge in [-0.3, -0.25) is 4.79 Å². The van der Waals surface area contributed by atoms with E-state index in [0.717, 1.165) is 24.3 Å². The van der Waals surface area contributed by atoms with Crippen molar-refractivity contribution in [1.82, 2.24) is 9.80 Å². The van der Waals surface area contributed by atoms with E-state index >= 15 is 4.39 Å². The molecule has 2 amide bonds. The van der Waals surface area contributed by atoms with Crippen molar-refractivity contribution in [2.45, 2.75) is 38.0 Å². The summed E-state index contributed by atoms with van der Waals surface area (Å²) in [5, 5.41) is 0. The maximum Gasteiger partial charge on any atom is 0.416 e. The molecule has 0 radical (unpaired) electrons. The van der Waals surface area contributed by atoms with Crippen LogP contribution in [0.3, 0.4) is 0 Å². The highest BCUT2D eigenvalue weighted by molar-refractivity contribution is 5.80. The number of alkyl halides is 4. The van der Waals surface area contributed by atoms with Gasteiger partial charge in [-0.1, -0.05) is 12.1 Å². The Morgan fingerprint density at radius 2 is 1.72 bits per heavy atom. The lowest BCUT2D eigenvalue weighted by molar-refractivity contribution is -0.137. The van der Waals surface area contributed by atoms with Crippen LogP contribution in [0, 0.1) is 5.92 Å². The van der Waals surface area contributed by atoms with E-state index in [0.29, 0.717) is 25.9 Å². The number of nitrogens with zero attached hydrogens (tertiary/aromatic N) is 2. The second-order valence-corrected chi connectivity index (χ2v) is 7.51. The maximum absolute atomic E-state index is 15.4. The molecule has 0 spiro atoms. The zero-order chi connectivity index (χ0) is 21.2. The first kappa shape index (κ1) is 21.4. The third kappa shape index (κ3) is 4.64. The molecule has 2 aliphatic rings. The van der Waals surface area contributed by atoms with Gasteiger partial charge in [-0.2, -0.15) is 13.2 Å². The number of benzene rings is 1. The van der Waals surface area contributed by atoms with Gasteiger partial charge in [0, 0.05) is 32.0 Å². The molecule has 5 nitrogen and oxygen atoms in total. The molecule has 2 saturated heterocycles. The number of hydrogen-bond acceptors (Lipinski definition) is 3. The number of carbonyl (C=O) groups excluding carboxylic acids is 2. The van der Waals surface area contributed by atoms with Gasteiger partial charge in [0.1, 0.15) is 0 Å². The monoisotopic (exact) mass is 416 g/mol. The molecule has 0 bridgehead atoms. The number of piperidine rings is 1. The molecule has 0 aliphatic carbocycles. The van der Waals surface area contributed by atoms with E-state index in [2.05, 4.69) is 0 Å². The fraction of sp³-hybridized carbons (Fsp3) is 0.600. The van der Waals surface area contributed by atoms with Gasteiger partial charge < -0.3 is 14.5 Å². The quantitative estimate of drug-likeness (QED) is 0.701. The fourth-order valence-corrected chi connectivity index (χ4v) is 3.94. The smallest absolute Gasteiger partial charge is 0.416 e. The number of halogens is 4. The zero-order valence-corrected chi connectivity index (χ0v) is 16.2. The average molecular weight is 416 g/mol. The number of amides is 2. The summed E-state index contributed by atoms with van der Waals surface area (Å²) in [5.41, 5.74) is -2.53. The van der Waals surface area contributed by atoms with Gasteiger partial charge in [-0.15, -0.1) is 0 Å². The maximum atomic E-state index is 15.4. The van der Waals surface area contributed by atoms with Crippen LogP contribution in [0.15, 0.2) is 24.3 Å². The van der Waals surface area contributed by atoms with Crippen LogP contribution in [0.25, 0.3) is 0 Å². The van der Waals surface area contributed by atoms with Gasteiger partial charge >= 0.3 is 12.3 Å². The minimum Gasteiger partial charge on any atom is -0.450 e. The second-order valence-electron chi connectivity index (χ2n) is 7.51. The molecule has 0 aromatic heterocycles. The van der Waals surface area contributed by atoms with Gasteiger partial charge in [0.15, 0.2) is 5.67 Å². The molecule has 1 aromatic carbocycles. The minimum atomic E-state index is -4.47. The highest BCUT2D eigenvalue weighted by Crippen LogP contribution is 2.39. The molecular weight excluding hydrogens is 392 g/mol. The van der Waals surface area contributed by atoms with Gasteiger partial charge in [0.25, 0.3) is 0 Å². The molecular formula is C20H24F4N2O3. The summed E-state index contributed by atoms with van der Waals surface area (Å²) in [6.07, 6.45) is -3.87. The van der Waals surface area contributed by atoms with E-state index in [1.807, 2.05) is 0 Å². The highest BCUT2D eigenvalue weighted by Gasteiger charge is 2.44. The topological polar surface area (TPSA) is 49.9 Å². The molecule has 3 rings (SSSR count). The van der Waals surface area contributed by atoms with Crippen LogP contribution in [-0.2, 0) is 21.4 Å². The number of hydrogen-bond donors (Lipinski definition) is 0. The Morgan fingerprint density at radius 1 is 1.10 bits per heavy atom. The molecule has 1 unspecified atom stereocenters. The highest BCUT2D eigenvalue weighted by atomic mass is 19.4. The molecule has 0 saturated carbocycles. The van der Waals surface area contributed by atoms with Crippen molar-refractivity contribution >= 4 is 12.0 Å². The molecule has 2 heterocycles. The fourth-order valence-electron chi connectivity index (χ4n) is 3.94. The van der Waals surface area contributed by atoms with Gasteiger partial charge in [0.05, 0.1) is 18.7 Å².